The van der Waals surface area contributed by atoms with Crippen LogP contribution in [0.1, 0.15) is 44.7 Å². The lowest BCUT2D eigenvalue weighted by atomic mass is 10.0. The summed E-state index contributed by atoms with van der Waals surface area (Å²) in [5.41, 5.74) is 2.84. The van der Waals surface area contributed by atoms with E-state index in [-0.39, 0.29) is 0 Å². The molecular weight excluding hydrogens is 206 g/mol. The molecule has 0 fully saturated rings. The summed E-state index contributed by atoms with van der Waals surface area (Å²) in [4.78, 5) is 2.52. The normalized spacial score (nSPS) is 24.8. The summed E-state index contributed by atoms with van der Waals surface area (Å²) in [5.74, 6) is 0.621. The molecule has 0 saturated heterocycles. The molecule has 17 heavy (non-hydrogen) atoms. The molecule has 1 aliphatic rings. The Labute approximate surface area is 105 Å². The summed E-state index contributed by atoms with van der Waals surface area (Å²) < 4.78 is 0. The lowest BCUT2D eigenvalue weighted by Crippen LogP contribution is -2.32. The van der Waals surface area contributed by atoms with Crippen molar-refractivity contribution in [2.45, 2.75) is 52.2 Å². The molecule has 0 aromatic heterocycles. The van der Waals surface area contributed by atoms with Crippen molar-refractivity contribution in [1.29, 1.82) is 0 Å². The van der Waals surface area contributed by atoms with E-state index in [9.17, 15) is 0 Å². The minimum absolute atomic E-state index is 0.565. The molecule has 1 aromatic rings. The standard InChI is InChI=1S/C16H23N/c1-12(2)16-9-7-15(8-10-16)11-17-13(3)5-6-14(17)4/h5-10,12-14H,11H2,1-4H3. The topological polar surface area (TPSA) is 3.24 Å². The highest BCUT2D eigenvalue weighted by Crippen LogP contribution is 2.21. The predicted molar refractivity (Wildman–Crippen MR) is 74.1 cm³/mol. The van der Waals surface area contributed by atoms with Crippen molar-refractivity contribution in [3.8, 4) is 0 Å². The first-order valence-electron chi connectivity index (χ1n) is 6.61. The second kappa shape index (κ2) is 5.05. The summed E-state index contributed by atoms with van der Waals surface area (Å²) in [6.07, 6.45) is 4.60. The zero-order chi connectivity index (χ0) is 12.4. The highest BCUT2D eigenvalue weighted by Gasteiger charge is 2.21. The molecule has 1 aliphatic heterocycles. The molecule has 2 atom stereocenters. The van der Waals surface area contributed by atoms with Gasteiger partial charge in [0.25, 0.3) is 0 Å². The molecule has 0 amide bonds. The van der Waals surface area contributed by atoms with Crippen molar-refractivity contribution in [2.24, 2.45) is 0 Å². The zero-order valence-electron chi connectivity index (χ0n) is 11.4. The van der Waals surface area contributed by atoms with Crippen molar-refractivity contribution >= 4 is 0 Å². The number of hydrogen-bond acceptors (Lipinski definition) is 1. The van der Waals surface area contributed by atoms with Crippen LogP contribution in [0.15, 0.2) is 36.4 Å². The van der Waals surface area contributed by atoms with Gasteiger partial charge in [0.05, 0.1) is 0 Å². The number of rotatable bonds is 3. The van der Waals surface area contributed by atoms with E-state index in [1.54, 1.807) is 0 Å². The monoisotopic (exact) mass is 229 g/mol. The predicted octanol–water partition coefficient (Wildman–Crippen LogP) is 3.96. The number of nitrogens with zero attached hydrogens (tertiary/aromatic N) is 1. The van der Waals surface area contributed by atoms with Gasteiger partial charge in [-0.2, -0.15) is 0 Å². The molecule has 92 valence electrons. The van der Waals surface area contributed by atoms with E-state index in [0.717, 1.165) is 6.54 Å². The SMILES string of the molecule is CC(C)c1ccc(CN2C(C)C=CC2C)cc1. The van der Waals surface area contributed by atoms with E-state index < -0.39 is 0 Å². The van der Waals surface area contributed by atoms with Crippen LogP contribution in [0.5, 0.6) is 0 Å². The molecule has 0 bridgehead atoms. The first-order valence-corrected chi connectivity index (χ1v) is 6.61. The van der Waals surface area contributed by atoms with E-state index in [4.69, 9.17) is 0 Å². The van der Waals surface area contributed by atoms with Gasteiger partial charge >= 0.3 is 0 Å². The molecule has 1 aromatic carbocycles. The summed E-state index contributed by atoms with van der Waals surface area (Å²) in [6, 6.07) is 10.2. The van der Waals surface area contributed by atoms with Gasteiger partial charge in [-0.15, -0.1) is 0 Å². The van der Waals surface area contributed by atoms with Crippen LogP contribution in [0.25, 0.3) is 0 Å². The summed E-state index contributed by atoms with van der Waals surface area (Å²) in [5, 5.41) is 0. The third-order valence-electron chi connectivity index (χ3n) is 3.73. The van der Waals surface area contributed by atoms with E-state index in [1.807, 2.05) is 0 Å². The van der Waals surface area contributed by atoms with E-state index >= 15 is 0 Å². The van der Waals surface area contributed by atoms with Gasteiger partial charge in [-0.3, -0.25) is 4.90 Å². The Kier molecular flexibility index (Phi) is 3.68. The van der Waals surface area contributed by atoms with Gasteiger partial charge in [0.2, 0.25) is 0 Å². The molecule has 0 saturated carbocycles. The maximum atomic E-state index is 2.52. The Balaban J connectivity index is 2.04. The molecule has 1 nitrogen and oxygen atoms in total. The highest BCUT2D eigenvalue weighted by molar-refractivity contribution is 5.25. The van der Waals surface area contributed by atoms with E-state index in [1.165, 1.54) is 11.1 Å². The molecular formula is C16H23N. The smallest absolute Gasteiger partial charge is 0.0259 e. The molecule has 0 N–H and O–H groups in total. The molecule has 0 aliphatic carbocycles. The van der Waals surface area contributed by atoms with Crippen LogP contribution in [0.4, 0.5) is 0 Å². The lowest BCUT2D eigenvalue weighted by Gasteiger charge is -2.26. The zero-order valence-corrected chi connectivity index (χ0v) is 11.4. The third-order valence-corrected chi connectivity index (χ3v) is 3.73. The van der Waals surface area contributed by atoms with Gasteiger partial charge in [-0.1, -0.05) is 50.3 Å². The Morgan fingerprint density at radius 3 is 2.00 bits per heavy atom. The molecule has 2 rings (SSSR count). The van der Waals surface area contributed by atoms with Crippen molar-refractivity contribution in [2.75, 3.05) is 0 Å². The average molecular weight is 229 g/mol. The van der Waals surface area contributed by atoms with Crippen molar-refractivity contribution in [3.63, 3.8) is 0 Å². The minimum atomic E-state index is 0.565. The first-order chi connectivity index (χ1) is 8.08. The molecule has 0 radical (unpaired) electrons. The van der Waals surface area contributed by atoms with Gasteiger partial charge < -0.3 is 0 Å². The third kappa shape index (κ3) is 2.78. The average Bonchev–Trinajstić information content (AvgIpc) is 2.61. The quantitative estimate of drug-likeness (QED) is 0.709. The fraction of sp³-hybridized carbons (Fsp3) is 0.500. The fourth-order valence-corrected chi connectivity index (χ4v) is 2.42. The van der Waals surface area contributed by atoms with E-state index in [0.29, 0.717) is 18.0 Å². The second-order valence-electron chi connectivity index (χ2n) is 5.43. The molecule has 1 heterocycles. The summed E-state index contributed by atoms with van der Waals surface area (Å²) >= 11 is 0. The number of benzene rings is 1. The Morgan fingerprint density at radius 1 is 1.00 bits per heavy atom. The number of hydrogen-bond donors (Lipinski definition) is 0. The lowest BCUT2D eigenvalue weighted by molar-refractivity contribution is 0.221. The van der Waals surface area contributed by atoms with E-state index in [2.05, 4.69) is 69.0 Å². The summed E-state index contributed by atoms with van der Waals surface area (Å²) in [6.45, 7) is 10.1. The molecule has 1 heteroatoms. The van der Waals surface area contributed by atoms with Crippen molar-refractivity contribution in [3.05, 3.63) is 47.5 Å². The van der Waals surface area contributed by atoms with Crippen LogP contribution >= 0.6 is 0 Å². The minimum Gasteiger partial charge on any atom is -0.287 e. The van der Waals surface area contributed by atoms with Gasteiger partial charge in [0.1, 0.15) is 0 Å². The van der Waals surface area contributed by atoms with Crippen LogP contribution in [0.3, 0.4) is 0 Å². The second-order valence-corrected chi connectivity index (χ2v) is 5.43. The highest BCUT2D eigenvalue weighted by atomic mass is 15.2. The van der Waals surface area contributed by atoms with Crippen LogP contribution < -0.4 is 0 Å². The Morgan fingerprint density at radius 2 is 1.53 bits per heavy atom. The largest absolute Gasteiger partial charge is 0.287 e. The Bertz CT molecular complexity index is 376. The van der Waals surface area contributed by atoms with Gasteiger partial charge in [0.15, 0.2) is 0 Å². The van der Waals surface area contributed by atoms with Gasteiger partial charge in [-0.05, 0) is 30.9 Å². The van der Waals surface area contributed by atoms with Crippen molar-refractivity contribution in [1.82, 2.24) is 4.90 Å². The fourth-order valence-electron chi connectivity index (χ4n) is 2.42. The van der Waals surface area contributed by atoms with Crippen molar-refractivity contribution < 1.29 is 0 Å². The molecule has 0 spiro atoms. The Hall–Kier alpha value is -1.08. The maximum absolute atomic E-state index is 2.52. The van der Waals surface area contributed by atoms with Gasteiger partial charge in [-0.25, -0.2) is 0 Å². The summed E-state index contributed by atoms with van der Waals surface area (Å²) in [7, 11) is 0. The van der Waals surface area contributed by atoms with Crippen LogP contribution in [-0.4, -0.2) is 17.0 Å². The maximum Gasteiger partial charge on any atom is 0.0259 e. The molecule has 2 unspecified atom stereocenters. The van der Waals surface area contributed by atoms with Crippen LogP contribution in [0.2, 0.25) is 0 Å². The van der Waals surface area contributed by atoms with Gasteiger partial charge in [0, 0.05) is 18.6 Å². The van der Waals surface area contributed by atoms with Crippen LogP contribution in [-0.2, 0) is 6.54 Å². The first kappa shape index (κ1) is 12.4. The van der Waals surface area contributed by atoms with Crippen LogP contribution in [0, 0.1) is 0 Å².